The van der Waals surface area contributed by atoms with E-state index in [0.717, 1.165) is 0 Å². The Bertz CT molecular complexity index is 803. The summed E-state index contributed by atoms with van der Waals surface area (Å²) in [5.74, 6) is -0.453. The van der Waals surface area contributed by atoms with Gasteiger partial charge in [0.05, 0.1) is 24.8 Å². The number of hydrogen-bond donors (Lipinski definition) is 1. The molecule has 10 heteroatoms. The summed E-state index contributed by atoms with van der Waals surface area (Å²) < 4.78 is 15.0. The van der Waals surface area contributed by atoms with Crippen molar-refractivity contribution in [2.24, 2.45) is 0 Å². The third kappa shape index (κ3) is 4.67. The number of carbonyl (C=O) groups excluding carboxylic acids is 2. The number of nitrogens with zero attached hydrogens (tertiary/aromatic N) is 1. The van der Waals surface area contributed by atoms with Gasteiger partial charge in [0.1, 0.15) is 16.4 Å². The number of nitro groups is 1. The van der Waals surface area contributed by atoms with E-state index in [2.05, 4.69) is 5.32 Å². The summed E-state index contributed by atoms with van der Waals surface area (Å²) in [6.07, 6.45) is 0. The van der Waals surface area contributed by atoms with Crippen molar-refractivity contribution in [2.75, 3.05) is 26.1 Å². The summed E-state index contributed by atoms with van der Waals surface area (Å²) in [4.78, 5) is 33.7. The minimum Gasteiger partial charge on any atom is -0.497 e. The predicted molar refractivity (Wildman–Crippen MR) is 89.4 cm³/mol. The van der Waals surface area contributed by atoms with Crippen LogP contribution in [-0.4, -0.2) is 37.6 Å². The van der Waals surface area contributed by atoms with Crippen LogP contribution in [0.3, 0.4) is 0 Å². The van der Waals surface area contributed by atoms with Gasteiger partial charge in [0, 0.05) is 12.1 Å². The van der Waals surface area contributed by atoms with E-state index in [0.29, 0.717) is 28.5 Å². The van der Waals surface area contributed by atoms with E-state index in [9.17, 15) is 19.7 Å². The van der Waals surface area contributed by atoms with Gasteiger partial charge in [-0.1, -0.05) is 11.3 Å². The lowest BCUT2D eigenvalue weighted by atomic mass is 10.2. The predicted octanol–water partition coefficient (Wildman–Crippen LogP) is 2.47. The Morgan fingerprint density at radius 1 is 1.20 bits per heavy atom. The summed E-state index contributed by atoms with van der Waals surface area (Å²) in [5.41, 5.74) is 0.385. The second-order valence-electron chi connectivity index (χ2n) is 4.59. The number of anilines is 1. The Labute approximate surface area is 146 Å². The zero-order valence-corrected chi connectivity index (χ0v) is 14.1. The fourth-order valence-corrected chi connectivity index (χ4v) is 2.54. The standard InChI is InChI=1S/C15H14N2O7S/c1-22-9-3-4-10(11(7-9)23-2)16-13(18)8-24-15(19)12-5-6-14(25-12)17(20)21/h3-7H,8H2,1-2H3,(H,16,18). The summed E-state index contributed by atoms with van der Waals surface area (Å²) >= 11 is 0.676. The topological polar surface area (TPSA) is 117 Å². The minimum atomic E-state index is -0.810. The molecule has 0 fully saturated rings. The summed E-state index contributed by atoms with van der Waals surface area (Å²) in [5, 5.41) is 13.0. The van der Waals surface area contributed by atoms with E-state index < -0.39 is 23.4 Å². The van der Waals surface area contributed by atoms with Gasteiger partial charge in [-0.2, -0.15) is 0 Å². The molecule has 25 heavy (non-hydrogen) atoms. The maximum Gasteiger partial charge on any atom is 0.349 e. The Balaban J connectivity index is 1.94. The Hall–Kier alpha value is -3.14. The SMILES string of the molecule is COc1ccc(NC(=O)COC(=O)c2ccc([N+](=O)[O-])s2)c(OC)c1. The number of nitrogens with one attached hydrogen (secondary N) is 1. The minimum absolute atomic E-state index is 0.0431. The van der Waals surface area contributed by atoms with Crippen molar-refractivity contribution in [3.8, 4) is 11.5 Å². The average molecular weight is 366 g/mol. The van der Waals surface area contributed by atoms with E-state index in [1.54, 1.807) is 18.2 Å². The summed E-state index contributed by atoms with van der Waals surface area (Å²) in [6, 6.07) is 7.28. The zero-order chi connectivity index (χ0) is 18.4. The quantitative estimate of drug-likeness (QED) is 0.454. The highest BCUT2D eigenvalue weighted by Gasteiger charge is 2.18. The molecule has 0 spiro atoms. The van der Waals surface area contributed by atoms with Crippen LogP contribution >= 0.6 is 11.3 Å². The maximum atomic E-state index is 11.9. The lowest BCUT2D eigenvalue weighted by Crippen LogP contribution is -2.20. The van der Waals surface area contributed by atoms with Crippen molar-refractivity contribution in [3.63, 3.8) is 0 Å². The molecule has 0 atom stereocenters. The van der Waals surface area contributed by atoms with Crippen LogP contribution in [0.15, 0.2) is 30.3 Å². The summed E-state index contributed by atoms with van der Waals surface area (Å²) in [6.45, 7) is -0.542. The van der Waals surface area contributed by atoms with E-state index in [4.69, 9.17) is 14.2 Å². The molecule has 1 amide bonds. The highest BCUT2D eigenvalue weighted by atomic mass is 32.1. The molecule has 0 aliphatic carbocycles. The van der Waals surface area contributed by atoms with Gasteiger partial charge in [0.15, 0.2) is 6.61 Å². The van der Waals surface area contributed by atoms with E-state index >= 15 is 0 Å². The third-order valence-electron chi connectivity index (χ3n) is 2.99. The molecule has 0 aliphatic heterocycles. The fourth-order valence-electron chi connectivity index (χ4n) is 1.83. The molecule has 0 bridgehead atoms. The van der Waals surface area contributed by atoms with Crippen LogP contribution in [-0.2, 0) is 9.53 Å². The first-order chi connectivity index (χ1) is 11.9. The molecule has 132 valence electrons. The van der Waals surface area contributed by atoms with Crippen molar-refractivity contribution >= 4 is 33.9 Å². The van der Waals surface area contributed by atoms with Crippen molar-refractivity contribution < 1.29 is 28.7 Å². The van der Waals surface area contributed by atoms with Crippen molar-refractivity contribution in [1.82, 2.24) is 0 Å². The smallest absolute Gasteiger partial charge is 0.349 e. The molecular weight excluding hydrogens is 352 g/mol. The van der Waals surface area contributed by atoms with Crippen molar-refractivity contribution in [1.29, 1.82) is 0 Å². The van der Waals surface area contributed by atoms with Gasteiger partial charge in [0.2, 0.25) is 0 Å². The highest BCUT2D eigenvalue weighted by Crippen LogP contribution is 2.29. The molecule has 2 rings (SSSR count). The van der Waals surface area contributed by atoms with E-state index in [1.165, 1.54) is 26.4 Å². The van der Waals surface area contributed by atoms with Crippen LogP contribution in [0.2, 0.25) is 0 Å². The van der Waals surface area contributed by atoms with Gasteiger partial charge in [-0.05, 0) is 18.2 Å². The molecule has 1 heterocycles. The number of esters is 1. The van der Waals surface area contributed by atoms with Crippen LogP contribution in [0.1, 0.15) is 9.67 Å². The number of amides is 1. The Morgan fingerprint density at radius 3 is 2.56 bits per heavy atom. The van der Waals surface area contributed by atoms with Gasteiger partial charge >= 0.3 is 11.0 Å². The van der Waals surface area contributed by atoms with Crippen LogP contribution in [0.5, 0.6) is 11.5 Å². The molecule has 9 nitrogen and oxygen atoms in total. The molecule has 1 N–H and O–H groups in total. The lowest BCUT2D eigenvalue weighted by Gasteiger charge is -2.11. The molecule has 1 aromatic carbocycles. The average Bonchev–Trinajstić information content (AvgIpc) is 3.10. The van der Waals surface area contributed by atoms with Crippen molar-refractivity contribution in [2.45, 2.75) is 0 Å². The van der Waals surface area contributed by atoms with Crippen molar-refractivity contribution in [3.05, 3.63) is 45.3 Å². The Morgan fingerprint density at radius 2 is 1.96 bits per heavy atom. The van der Waals surface area contributed by atoms with Gasteiger partial charge in [-0.25, -0.2) is 4.79 Å². The number of methoxy groups -OCH3 is 2. The number of ether oxygens (including phenoxy) is 3. The first-order valence-electron chi connectivity index (χ1n) is 6.88. The van der Waals surface area contributed by atoms with E-state index in [-0.39, 0.29) is 9.88 Å². The largest absolute Gasteiger partial charge is 0.497 e. The monoisotopic (exact) mass is 366 g/mol. The summed E-state index contributed by atoms with van der Waals surface area (Å²) in [7, 11) is 2.94. The first-order valence-corrected chi connectivity index (χ1v) is 7.69. The lowest BCUT2D eigenvalue weighted by molar-refractivity contribution is -0.380. The zero-order valence-electron chi connectivity index (χ0n) is 13.3. The number of carbonyl (C=O) groups is 2. The number of hydrogen-bond acceptors (Lipinski definition) is 8. The Kier molecular flexibility index (Phi) is 5.90. The molecule has 0 saturated carbocycles. The number of rotatable bonds is 7. The van der Waals surface area contributed by atoms with Gasteiger partial charge in [0.25, 0.3) is 5.91 Å². The normalized spacial score (nSPS) is 10.0. The fraction of sp³-hybridized carbons (Fsp3) is 0.200. The molecule has 0 unspecified atom stereocenters. The van der Waals surface area contributed by atoms with Crippen LogP contribution in [0.25, 0.3) is 0 Å². The molecular formula is C15H14N2O7S. The molecule has 0 radical (unpaired) electrons. The van der Waals surface area contributed by atoms with Gasteiger partial charge in [-0.3, -0.25) is 14.9 Å². The third-order valence-corrected chi connectivity index (χ3v) is 4.01. The first kappa shape index (κ1) is 18.2. The van der Waals surface area contributed by atoms with Gasteiger partial charge < -0.3 is 19.5 Å². The highest BCUT2D eigenvalue weighted by molar-refractivity contribution is 7.17. The molecule has 0 aliphatic rings. The molecule has 2 aromatic rings. The van der Waals surface area contributed by atoms with E-state index in [1.807, 2.05) is 0 Å². The maximum absolute atomic E-state index is 11.9. The number of benzene rings is 1. The van der Waals surface area contributed by atoms with Crippen LogP contribution < -0.4 is 14.8 Å². The second-order valence-corrected chi connectivity index (χ2v) is 5.65. The van der Waals surface area contributed by atoms with Crippen LogP contribution in [0, 0.1) is 10.1 Å². The second kappa shape index (κ2) is 8.11. The van der Waals surface area contributed by atoms with Crippen LogP contribution in [0.4, 0.5) is 10.7 Å². The molecule has 0 saturated heterocycles. The van der Waals surface area contributed by atoms with Gasteiger partial charge in [-0.15, -0.1) is 0 Å². The number of thiophene rings is 1. The molecule has 1 aromatic heterocycles.